The Hall–Kier alpha value is -3.48. The van der Waals surface area contributed by atoms with Crippen molar-refractivity contribution >= 4 is 17.5 Å². The molecule has 1 aromatic heterocycles. The van der Waals surface area contributed by atoms with Crippen LogP contribution in [0.3, 0.4) is 0 Å². The Morgan fingerprint density at radius 1 is 1.04 bits per heavy atom. The Bertz CT molecular complexity index is 905. The van der Waals surface area contributed by atoms with Crippen molar-refractivity contribution < 1.29 is 9.59 Å². The highest BCUT2D eigenvalue weighted by molar-refractivity contribution is 6.03. The largest absolute Gasteiger partial charge is 0.338 e. The van der Waals surface area contributed by atoms with Crippen LogP contribution < -0.4 is 10.6 Å². The minimum atomic E-state index is -1.09. The predicted octanol–water partition coefficient (Wildman–Crippen LogP) is 2.41. The highest BCUT2D eigenvalue weighted by Crippen LogP contribution is 2.13. The summed E-state index contributed by atoms with van der Waals surface area (Å²) in [5, 5.41) is 9.61. The van der Waals surface area contributed by atoms with E-state index in [4.69, 9.17) is 0 Å². The fraction of sp³-hybridized carbons (Fsp3) is 0.158. The van der Waals surface area contributed by atoms with Gasteiger partial charge < -0.3 is 10.6 Å². The smallest absolute Gasteiger partial charge is 0.252 e. The molecule has 0 unspecified atom stereocenters. The fourth-order valence-corrected chi connectivity index (χ4v) is 2.35. The van der Waals surface area contributed by atoms with Gasteiger partial charge in [-0.05, 0) is 44.2 Å². The molecule has 0 atom stereocenters. The zero-order chi connectivity index (χ0) is 18.6. The number of benzene rings is 2. The van der Waals surface area contributed by atoms with Crippen LogP contribution in [0.4, 0.5) is 5.69 Å². The van der Waals surface area contributed by atoms with Crippen LogP contribution in [0.2, 0.25) is 0 Å². The van der Waals surface area contributed by atoms with E-state index in [1.165, 1.54) is 6.33 Å². The van der Waals surface area contributed by atoms with Crippen molar-refractivity contribution in [2.45, 2.75) is 19.4 Å². The molecule has 26 heavy (non-hydrogen) atoms. The standard InChI is InChI=1S/C19H19N5O2/c1-19(2,18(26)22-15-8-4-3-5-9-15)23-17(25)14-7-6-10-16(11-14)24-13-20-12-21-24/h3-13H,1-2H3,(H,22,26)(H,23,25). The minimum Gasteiger partial charge on any atom is -0.338 e. The van der Waals surface area contributed by atoms with Gasteiger partial charge in [0.05, 0.1) is 5.69 Å². The summed E-state index contributed by atoms with van der Waals surface area (Å²) < 4.78 is 1.56. The summed E-state index contributed by atoms with van der Waals surface area (Å²) >= 11 is 0. The molecule has 2 N–H and O–H groups in total. The molecule has 2 aromatic carbocycles. The van der Waals surface area contributed by atoms with E-state index >= 15 is 0 Å². The van der Waals surface area contributed by atoms with Crippen LogP contribution >= 0.6 is 0 Å². The molecular weight excluding hydrogens is 330 g/mol. The van der Waals surface area contributed by atoms with Crippen molar-refractivity contribution in [2.75, 3.05) is 5.32 Å². The minimum absolute atomic E-state index is 0.301. The first-order valence-corrected chi connectivity index (χ1v) is 8.10. The van der Waals surface area contributed by atoms with Crippen LogP contribution in [0.25, 0.3) is 5.69 Å². The maximum absolute atomic E-state index is 12.6. The molecule has 7 nitrogen and oxygen atoms in total. The maximum Gasteiger partial charge on any atom is 0.252 e. The Morgan fingerprint density at radius 3 is 2.50 bits per heavy atom. The molecule has 3 rings (SSSR count). The summed E-state index contributed by atoms with van der Waals surface area (Å²) in [5.74, 6) is -0.648. The van der Waals surface area contributed by atoms with E-state index < -0.39 is 5.54 Å². The molecule has 132 valence electrons. The lowest BCUT2D eigenvalue weighted by Gasteiger charge is -2.25. The first-order chi connectivity index (χ1) is 12.5. The Balaban J connectivity index is 1.72. The molecule has 2 amide bonds. The lowest BCUT2D eigenvalue weighted by molar-refractivity contribution is -0.120. The maximum atomic E-state index is 12.6. The second-order valence-electron chi connectivity index (χ2n) is 6.29. The predicted molar refractivity (Wildman–Crippen MR) is 98.0 cm³/mol. The summed E-state index contributed by atoms with van der Waals surface area (Å²) in [4.78, 5) is 29.0. The molecule has 0 aliphatic carbocycles. The summed E-state index contributed by atoms with van der Waals surface area (Å²) in [7, 11) is 0. The van der Waals surface area contributed by atoms with Gasteiger partial charge in [-0.15, -0.1) is 0 Å². The van der Waals surface area contributed by atoms with E-state index in [1.807, 2.05) is 24.3 Å². The highest BCUT2D eigenvalue weighted by atomic mass is 16.2. The van der Waals surface area contributed by atoms with Crippen molar-refractivity contribution in [3.63, 3.8) is 0 Å². The monoisotopic (exact) mass is 349 g/mol. The van der Waals surface area contributed by atoms with Crippen molar-refractivity contribution in [2.24, 2.45) is 0 Å². The molecule has 0 bridgehead atoms. The third kappa shape index (κ3) is 3.94. The number of rotatable bonds is 5. The quantitative estimate of drug-likeness (QED) is 0.740. The molecule has 0 saturated carbocycles. The number of para-hydroxylation sites is 1. The van der Waals surface area contributed by atoms with Crippen LogP contribution in [0, 0.1) is 0 Å². The fourth-order valence-electron chi connectivity index (χ4n) is 2.35. The Kier molecular flexibility index (Phi) is 4.79. The number of carbonyl (C=O) groups excluding carboxylic acids is 2. The number of amides is 2. The number of nitrogens with one attached hydrogen (secondary N) is 2. The molecule has 0 saturated heterocycles. The van der Waals surface area contributed by atoms with Gasteiger partial charge in [0.15, 0.2) is 0 Å². The van der Waals surface area contributed by atoms with Gasteiger partial charge in [0.25, 0.3) is 5.91 Å². The number of hydrogen-bond donors (Lipinski definition) is 2. The lowest BCUT2D eigenvalue weighted by atomic mass is 10.0. The van der Waals surface area contributed by atoms with Gasteiger partial charge in [-0.2, -0.15) is 5.10 Å². The van der Waals surface area contributed by atoms with E-state index in [1.54, 1.807) is 55.2 Å². The van der Waals surface area contributed by atoms with Crippen molar-refractivity contribution in [3.8, 4) is 5.69 Å². The van der Waals surface area contributed by atoms with Gasteiger partial charge in [0.2, 0.25) is 5.91 Å². The molecular formula is C19H19N5O2. The second kappa shape index (κ2) is 7.18. The SMILES string of the molecule is CC(C)(NC(=O)c1cccc(-n2cncn2)c1)C(=O)Nc1ccccc1. The highest BCUT2D eigenvalue weighted by Gasteiger charge is 2.30. The van der Waals surface area contributed by atoms with Gasteiger partial charge in [-0.1, -0.05) is 24.3 Å². The molecule has 3 aromatic rings. The third-order valence-electron chi connectivity index (χ3n) is 3.82. The number of nitrogens with zero attached hydrogens (tertiary/aromatic N) is 3. The summed E-state index contributed by atoms with van der Waals surface area (Å²) in [6.45, 7) is 3.31. The molecule has 0 aliphatic heterocycles. The zero-order valence-electron chi connectivity index (χ0n) is 14.5. The van der Waals surface area contributed by atoms with Crippen molar-refractivity contribution in [3.05, 3.63) is 72.8 Å². The van der Waals surface area contributed by atoms with Crippen LogP contribution in [0.5, 0.6) is 0 Å². The average Bonchev–Trinajstić information content (AvgIpc) is 3.17. The summed E-state index contributed by atoms with van der Waals surface area (Å²) in [6.07, 6.45) is 2.97. The molecule has 0 radical (unpaired) electrons. The van der Waals surface area contributed by atoms with E-state index in [9.17, 15) is 9.59 Å². The van der Waals surface area contributed by atoms with Gasteiger partial charge >= 0.3 is 0 Å². The van der Waals surface area contributed by atoms with Crippen LogP contribution in [0.1, 0.15) is 24.2 Å². The molecule has 0 aliphatic rings. The number of hydrogen-bond acceptors (Lipinski definition) is 4. The second-order valence-corrected chi connectivity index (χ2v) is 6.29. The summed E-state index contributed by atoms with van der Waals surface area (Å²) in [6, 6.07) is 16.0. The average molecular weight is 349 g/mol. The van der Waals surface area contributed by atoms with Crippen LogP contribution in [-0.4, -0.2) is 32.1 Å². The molecule has 0 spiro atoms. The van der Waals surface area contributed by atoms with Crippen molar-refractivity contribution in [1.29, 1.82) is 0 Å². The topological polar surface area (TPSA) is 88.9 Å². The molecule has 7 heteroatoms. The number of carbonyl (C=O) groups is 2. The van der Waals surface area contributed by atoms with Gasteiger partial charge in [-0.25, -0.2) is 9.67 Å². The Morgan fingerprint density at radius 2 is 1.81 bits per heavy atom. The van der Waals surface area contributed by atoms with Gasteiger partial charge in [0, 0.05) is 11.3 Å². The van der Waals surface area contributed by atoms with Gasteiger partial charge in [-0.3, -0.25) is 9.59 Å². The number of aromatic nitrogens is 3. The first kappa shape index (κ1) is 17.3. The van der Waals surface area contributed by atoms with E-state index in [0.29, 0.717) is 16.9 Å². The Labute approximate surface area is 151 Å². The number of anilines is 1. The molecule has 1 heterocycles. The third-order valence-corrected chi connectivity index (χ3v) is 3.82. The van der Waals surface area contributed by atoms with E-state index in [-0.39, 0.29) is 11.8 Å². The van der Waals surface area contributed by atoms with E-state index in [0.717, 1.165) is 0 Å². The van der Waals surface area contributed by atoms with Crippen LogP contribution in [0.15, 0.2) is 67.3 Å². The van der Waals surface area contributed by atoms with Gasteiger partial charge in [0.1, 0.15) is 18.2 Å². The zero-order valence-corrected chi connectivity index (χ0v) is 14.5. The normalized spacial score (nSPS) is 11.0. The summed E-state index contributed by atoms with van der Waals surface area (Å²) in [5.41, 5.74) is 0.726. The van der Waals surface area contributed by atoms with Crippen LogP contribution in [-0.2, 0) is 4.79 Å². The van der Waals surface area contributed by atoms with E-state index in [2.05, 4.69) is 20.7 Å². The van der Waals surface area contributed by atoms with Crippen molar-refractivity contribution in [1.82, 2.24) is 20.1 Å². The molecule has 0 fully saturated rings. The first-order valence-electron chi connectivity index (χ1n) is 8.10. The lowest BCUT2D eigenvalue weighted by Crippen LogP contribution is -2.52.